The number of hydrogen-bond donors (Lipinski definition) is 0. The lowest BCUT2D eigenvalue weighted by Crippen LogP contribution is -1.98. The van der Waals surface area contributed by atoms with Crippen LogP contribution in [-0.4, -0.2) is 15.0 Å². The smallest absolute Gasteiger partial charge is 0.161 e. The van der Waals surface area contributed by atoms with Crippen LogP contribution in [0.5, 0.6) is 0 Å². The average Bonchev–Trinajstić information content (AvgIpc) is 2.29. The van der Waals surface area contributed by atoms with Gasteiger partial charge in [0.1, 0.15) is 5.15 Å². The van der Waals surface area contributed by atoms with E-state index in [9.17, 15) is 0 Å². The van der Waals surface area contributed by atoms with Crippen LogP contribution in [0.1, 0.15) is 25.5 Å². The lowest BCUT2D eigenvalue weighted by Gasteiger charge is -2.07. The lowest BCUT2D eigenvalue weighted by molar-refractivity contribution is 0.817. The Hall–Kier alpha value is -1.48. The predicted octanol–water partition coefficient (Wildman–Crippen LogP) is 3.32. The van der Waals surface area contributed by atoms with Gasteiger partial charge in [0.25, 0.3) is 0 Å². The van der Waals surface area contributed by atoms with Gasteiger partial charge in [0, 0.05) is 23.7 Å². The molecule has 3 nitrogen and oxygen atoms in total. The third-order valence-corrected chi connectivity index (χ3v) is 2.44. The molecule has 0 spiro atoms. The van der Waals surface area contributed by atoms with E-state index in [1.54, 1.807) is 18.5 Å². The Morgan fingerprint density at radius 3 is 2.44 bits per heavy atom. The van der Waals surface area contributed by atoms with Crippen LogP contribution in [0.25, 0.3) is 11.4 Å². The summed E-state index contributed by atoms with van der Waals surface area (Å²) in [7, 11) is 0. The van der Waals surface area contributed by atoms with Crippen molar-refractivity contribution in [1.29, 1.82) is 0 Å². The zero-order valence-corrected chi connectivity index (χ0v) is 9.94. The van der Waals surface area contributed by atoms with Crippen LogP contribution in [0.15, 0.2) is 30.6 Å². The van der Waals surface area contributed by atoms with Gasteiger partial charge in [0.2, 0.25) is 0 Å². The van der Waals surface area contributed by atoms with E-state index in [0.29, 0.717) is 16.9 Å². The Morgan fingerprint density at radius 1 is 1.12 bits per heavy atom. The van der Waals surface area contributed by atoms with Crippen LogP contribution >= 0.6 is 11.6 Å². The Bertz CT molecular complexity index is 483. The van der Waals surface area contributed by atoms with Crippen LogP contribution in [0, 0.1) is 0 Å². The summed E-state index contributed by atoms with van der Waals surface area (Å²) in [6, 6.07) is 5.54. The molecule has 4 heteroatoms. The summed E-state index contributed by atoms with van der Waals surface area (Å²) in [5.74, 6) is 0.986. The Kier molecular flexibility index (Phi) is 3.15. The van der Waals surface area contributed by atoms with Gasteiger partial charge in [0.05, 0.1) is 0 Å². The third kappa shape index (κ3) is 2.36. The molecule has 0 fully saturated rings. The number of halogens is 1. The monoisotopic (exact) mass is 233 g/mol. The first kappa shape index (κ1) is 11.0. The second-order valence-electron chi connectivity index (χ2n) is 3.83. The molecular formula is C12H12ClN3. The number of pyridine rings is 1. The highest BCUT2D eigenvalue weighted by atomic mass is 35.5. The van der Waals surface area contributed by atoms with Gasteiger partial charge in [-0.25, -0.2) is 9.97 Å². The van der Waals surface area contributed by atoms with Crippen molar-refractivity contribution in [3.05, 3.63) is 41.4 Å². The van der Waals surface area contributed by atoms with Gasteiger partial charge < -0.3 is 0 Å². The van der Waals surface area contributed by atoms with Crippen molar-refractivity contribution in [1.82, 2.24) is 15.0 Å². The summed E-state index contributed by atoms with van der Waals surface area (Å²) in [5.41, 5.74) is 1.88. The maximum absolute atomic E-state index is 5.98. The van der Waals surface area contributed by atoms with Gasteiger partial charge in [0.15, 0.2) is 5.82 Å². The predicted molar refractivity (Wildman–Crippen MR) is 64.4 cm³/mol. The minimum atomic E-state index is 0.334. The molecule has 0 aliphatic rings. The molecule has 2 aromatic heterocycles. The van der Waals surface area contributed by atoms with Crippen molar-refractivity contribution < 1.29 is 0 Å². The quantitative estimate of drug-likeness (QED) is 0.747. The molecule has 2 heterocycles. The average molecular weight is 234 g/mol. The third-order valence-electron chi connectivity index (χ3n) is 2.24. The zero-order chi connectivity index (χ0) is 11.5. The normalized spacial score (nSPS) is 10.8. The molecule has 0 saturated heterocycles. The molecule has 0 N–H and O–H groups in total. The second-order valence-corrected chi connectivity index (χ2v) is 4.22. The van der Waals surface area contributed by atoms with Crippen LogP contribution in [0.3, 0.4) is 0 Å². The molecule has 82 valence electrons. The summed E-state index contributed by atoms with van der Waals surface area (Å²) < 4.78 is 0. The van der Waals surface area contributed by atoms with Crippen LogP contribution in [0.4, 0.5) is 0 Å². The van der Waals surface area contributed by atoms with Gasteiger partial charge in [-0.15, -0.1) is 0 Å². The minimum absolute atomic E-state index is 0.334. The van der Waals surface area contributed by atoms with E-state index >= 15 is 0 Å². The molecule has 0 aliphatic heterocycles. The van der Waals surface area contributed by atoms with Gasteiger partial charge in [-0.2, -0.15) is 0 Å². The summed E-state index contributed by atoms with van der Waals surface area (Å²) in [6.07, 6.45) is 3.43. The van der Waals surface area contributed by atoms with Crippen molar-refractivity contribution in [2.24, 2.45) is 0 Å². The fourth-order valence-corrected chi connectivity index (χ4v) is 1.55. The maximum atomic E-state index is 5.98. The summed E-state index contributed by atoms with van der Waals surface area (Å²) in [4.78, 5) is 12.7. The highest BCUT2D eigenvalue weighted by Crippen LogP contribution is 2.21. The molecule has 0 atom stereocenters. The Labute approximate surface area is 99.5 Å². The highest BCUT2D eigenvalue weighted by molar-refractivity contribution is 6.29. The molecule has 2 aromatic rings. The van der Waals surface area contributed by atoms with E-state index in [4.69, 9.17) is 11.6 Å². The van der Waals surface area contributed by atoms with Crippen molar-refractivity contribution in [2.75, 3.05) is 0 Å². The van der Waals surface area contributed by atoms with Crippen LogP contribution < -0.4 is 0 Å². The first-order chi connectivity index (χ1) is 7.66. The minimum Gasteiger partial charge on any atom is -0.265 e. The van der Waals surface area contributed by atoms with Crippen molar-refractivity contribution in [3.8, 4) is 11.4 Å². The molecular weight excluding hydrogens is 222 g/mol. The summed E-state index contributed by atoms with van der Waals surface area (Å²) >= 11 is 5.98. The lowest BCUT2D eigenvalue weighted by atomic mass is 10.1. The summed E-state index contributed by atoms with van der Waals surface area (Å²) in [5, 5.41) is 0.477. The molecule has 2 rings (SSSR count). The first-order valence-corrected chi connectivity index (χ1v) is 5.49. The molecule has 0 aliphatic carbocycles. The van der Waals surface area contributed by atoms with E-state index in [1.807, 2.05) is 12.1 Å². The largest absolute Gasteiger partial charge is 0.265 e. The van der Waals surface area contributed by atoms with Crippen molar-refractivity contribution >= 4 is 11.6 Å². The molecule has 0 bridgehead atoms. The topological polar surface area (TPSA) is 38.7 Å². The molecule has 0 saturated carbocycles. The van der Waals surface area contributed by atoms with Gasteiger partial charge >= 0.3 is 0 Å². The van der Waals surface area contributed by atoms with Gasteiger partial charge in [-0.1, -0.05) is 25.4 Å². The second kappa shape index (κ2) is 4.58. The van der Waals surface area contributed by atoms with Gasteiger partial charge in [-0.05, 0) is 24.1 Å². The SMILES string of the molecule is CC(C)c1cc(Cl)nc(-c2ccncc2)n1. The van der Waals surface area contributed by atoms with Gasteiger partial charge in [-0.3, -0.25) is 4.98 Å². The van der Waals surface area contributed by atoms with Crippen LogP contribution in [-0.2, 0) is 0 Å². The van der Waals surface area contributed by atoms with E-state index in [0.717, 1.165) is 11.3 Å². The number of hydrogen-bond acceptors (Lipinski definition) is 3. The molecule has 0 unspecified atom stereocenters. The highest BCUT2D eigenvalue weighted by Gasteiger charge is 2.07. The maximum Gasteiger partial charge on any atom is 0.161 e. The molecule has 0 aromatic carbocycles. The number of rotatable bonds is 2. The van der Waals surface area contributed by atoms with E-state index < -0.39 is 0 Å². The van der Waals surface area contributed by atoms with E-state index in [2.05, 4.69) is 28.8 Å². The zero-order valence-electron chi connectivity index (χ0n) is 9.18. The Morgan fingerprint density at radius 2 is 1.81 bits per heavy atom. The fourth-order valence-electron chi connectivity index (χ4n) is 1.36. The van der Waals surface area contributed by atoms with Crippen LogP contribution in [0.2, 0.25) is 5.15 Å². The first-order valence-electron chi connectivity index (χ1n) is 5.11. The molecule has 0 amide bonds. The molecule has 16 heavy (non-hydrogen) atoms. The number of aromatic nitrogens is 3. The molecule has 0 radical (unpaired) electrons. The summed E-state index contributed by atoms with van der Waals surface area (Å²) in [6.45, 7) is 4.16. The van der Waals surface area contributed by atoms with Crippen molar-refractivity contribution in [2.45, 2.75) is 19.8 Å². The Balaban J connectivity index is 2.50. The number of nitrogens with zero attached hydrogens (tertiary/aromatic N) is 3. The fraction of sp³-hybridized carbons (Fsp3) is 0.250. The van der Waals surface area contributed by atoms with E-state index in [1.165, 1.54) is 0 Å². The standard InChI is InChI=1S/C12H12ClN3/c1-8(2)10-7-11(13)16-12(15-10)9-3-5-14-6-4-9/h3-8H,1-2H3. The van der Waals surface area contributed by atoms with E-state index in [-0.39, 0.29) is 0 Å². The van der Waals surface area contributed by atoms with Crippen molar-refractivity contribution in [3.63, 3.8) is 0 Å².